The smallest absolute Gasteiger partial charge is 0.450 e. The third-order valence-corrected chi connectivity index (χ3v) is 20.0. The SMILES string of the molecule is CC(=O)O[C@H]1C(=O)[C@@]2(C)C([C@@H]3OC(=O)O[C@]34C[C@H](O[Si](C(C)C)(C(C)C)C(C)C)C(C)=C1C4(C)C)[C@](O)(CO)[C@@H](Br)C[C@@H]2OC(=O)OCC(Cl)(Cl)Cl. The van der Waals surface area contributed by atoms with Crippen molar-refractivity contribution in [2.45, 2.75) is 150 Å². The maximum absolute atomic E-state index is 15.5. The minimum atomic E-state index is -2.67. The van der Waals surface area contributed by atoms with E-state index in [9.17, 15) is 24.6 Å². The predicted molar refractivity (Wildman–Crippen MR) is 199 cm³/mol. The van der Waals surface area contributed by atoms with Gasteiger partial charge < -0.3 is 38.3 Å². The summed E-state index contributed by atoms with van der Waals surface area (Å²) in [6.45, 7) is 19.2. The van der Waals surface area contributed by atoms with Crippen molar-refractivity contribution < 1.29 is 57.5 Å². The van der Waals surface area contributed by atoms with E-state index in [1.54, 1.807) is 13.8 Å². The van der Waals surface area contributed by atoms with Crippen molar-refractivity contribution in [1.82, 2.24) is 0 Å². The van der Waals surface area contributed by atoms with Gasteiger partial charge in [0.25, 0.3) is 0 Å². The first kappa shape index (κ1) is 43.6. The minimum Gasteiger partial charge on any atom is -0.450 e. The van der Waals surface area contributed by atoms with Gasteiger partial charge in [-0.2, -0.15) is 0 Å². The van der Waals surface area contributed by atoms with E-state index in [1.807, 2.05) is 6.92 Å². The number of aliphatic hydroxyl groups is 2. The molecular weight excluding hydrogens is 827 g/mol. The van der Waals surface area contributed by atoms with Gasteiger partial charge >= 0.3 is 18.3 Å². The molecule has 4 rings (SSSR count). The molecule has 0 amide bonds. The average Bonchev–Trinajstić information content (AvgIpc) is 3.33. The summed E-state index contributed by atoms with van der Waals surface area (Å²) in [4.78, 5) is 54.1. The lowest BCUT2D eigenvalue weighted by atomic mass is 9.46. The van der Waals surface area contributed by atoms with E-state index in [2.05, 4.69) is 57.5 Å². The molecule has 1 unspecified atom stereocenters. The lowest BCUT2D eigenvalue weighted by Crippen LogP contribution is -2.76. The standard InChI is InChI=1S/C35H52BrCl3O12Si/c1-16(2)52(17(3)4,18(5)6)51-21-13-34-28(49-30(44)50-34)26-32(11,27(42)25(47-20(8)41)24(19(21)7)31(34,9)10)23(12-22(36)33(26,45)14-40)48-29(43)46-15-35(37,38)39/h16-18,21-23,25-26,28,40,45H,12-15H2,1-11H3/t21-,22-,23-,25+,26?,28-,32+,33-,34+/m0/s1. The Morgan fingerprint density at radius 1 is 1.04 bits per heavy atom. The van der Waals surface area contributed by atoms with Crippen LogP contribution in [0.2, 0.25) is 16.6 Å². The number of carbonyl (C=O) groups is 4. The number of halogens is 4. The number of fused-ring (bicyclic) bond motifs is 3. The topological polar surface area (TPSA) is 164 Å². The number of carbonyl (C=O) groups excluding carboxylic acids is 4. The molecule has 1 spiro atoms. The van der Waals surface area contributed by atoms with Crippen LogP contribution in [0, 0.1) is 16.7 Å². The van der Waals surface area contributed by atoms with Crippen LogP contribution in [0.4, 0.5) is 9.59 Å². The first-order chi connectivity index (χ1) is 23.7. The molecule has 1 saturated heterocycles. The van der Waals surface area contributed by atoms with Crippen molar-refractivity contribution >= 4 is 83.1 Å². The van der Waals surface area contributed by atoms with Gasteiger partial charge in [-0.25, -0.2) is 9.59 Å². The number of ether oxygens (including phenoxy) is 5. The molecule has 1 aliphatic heterocycles. The number of alkyl halides is 4. The Balaban J connectivity index is 2.09. The van der Waals surface area contributed by atoms with E-state index >= 15 is 4.79 Å². The number of ketones is 1. The van der Waals surface area contributed by atoms with E-state index in [4.69, 9.17) is 62.9 Å². The molecule has 2 bridgehead atoms. The summed E-state index contributed by atoms with van der Waals surface area (Å²) in [5.41, 5.74) is -5.72. The summed E-state index contributed by atoms with van der Waals surface area (Å²) in [5, 5.41) is 23.5. The van der Waals surface area contributed by atoms with Gasteiger partial charge in [-0.3, -0.25) is 9.59 Å². The number of rotatable bonds is 9. The van der Waals surface area contributed by atoms with E-state index in [0.717, 1.165) is 0 Å². The molecule has 0 aromatic heterocycles. The predicted octanol–water partition coefficient (Wildman–Crippen LogP) is 7.49. The van der Waals surface area contributed by atoms with Gasteiger partial charge in [0.05, 0.1) is 18.1 Å². The van der Waals surface area contributed by atoms with Crippen LogP contribution in [0.15, 0.2) is 11.1 Å². The Morgan fingerprint density at radius 2 is 1.60 bits per heavy atom. The van der Waals surface area contributed by atoms with E-state index < -0.39 is 107 Å². The van der Waals surface area contributed by atoms with Gasteiger partial charge in [0.1, 0.15) is 18.3 Å². The van der Waals surface area contributed by atoms with Gasteiger partial charge in [0, 0.05) is 35.9 Å². The summed E-state index contributed by atoms with van der Waals surface area (Å²) in [6, 6.07) is 0. The van der Waals surface area contributed by atoms with Crippen LogP contribution in [0.5, 0.6) is 0 Å². The molecule has 0 aromatic carbocycles. The fraction of sp³-hybridized carbons (Fsp3) is 0.829. The fourth-order valence-corrected chi connectivity index (χ4v) is 16.6. The second kappa shape index (κ2) is 14.7. The second-order valence-electron chi connectivity index (χ2n) is 16.4. The van der Waals surface area contributed by atoms with Crippen molar-refractivity contribution in [1.29, 1.82) is 0 Å². The summed E-state index contributed by atoms with van der Waals surface area (Å²) >= 11 is 20.9. The van der Waals surface area contributed by atoms with Gasteiger partial charge in [-0.15, -0.1) is 0 Å². The van der Waals surface area contributed by atoms with Crippen LogP contribution in [0.1, 0.15) is 89.0 Å². The number of Topliss-reactive ketones (excluding diaryl/α,β-unsaturated/α-hetero) is 1. The van der Waals surface area contributed by atoms with Crippen LogP contribution in [-0.4, -0.2) is 100 Å². The normalized spacial score (nSPS) is 36.1. The van der Waals surface area contributed by atoms with Gasteiger partial charge in [-0.05, 0) is 41.6 Å². The van der Waals surface area contributed by atoms with Crippen LogP contribution in [-0.2, 0) is 37.7 Å². The first-order valence-corrected chi connectivity index (χ1v) is 21.7. The summed E-state index contributed by atoms with van der Waals surface area (Å²) < 4.78 is 34.6. The Labute approximate surface area is 330 Å². The van der Waals surface area contributed by atoms with Crippen molar-refractivity contribution in [3.63, 3.8) is 0 Å². The molecular formula is C35H52BrCl3O12Si. The number of esters is 1. The van der Waals surface area contributed by atoms with Crippen LogP contribution >= 0.6 is 50.7 Å². The molecule has 17 heteroatoms. The van der Waals surface area contributed by atoms with E-state index in [0.29, 0.717) is 11.1 Å². The molecule has 9 atom stereocenters. The molecule has 1 heterocycles. The largest absolute Gasteiger partial charge is 0.509 e. The monoisotopic (exact) mass is 876 g/mol. The molecule has 2 N–H and O–H groups in total. The van der Waals surface area contributed by atoms with Crippen molar-refractivity contribution in [3.05, 3.63) is 11.1 Å². The zero-order valence-corrected chi connectivity index (χ0v) is 36.4. The van der Waals surface area contributed by atoms with Gasteiger partial charge in [0.15, 0.2) is 23.6 Å². The number of hydrogen-bond acceptors (Lipinski definition) is 12. The summed E-state index contributed by atoms with van der Waals surface area (Å²) in [6.07, 6.45) is -7.75. The highest BCUT2D eigenvalue weighted by molar-refractivity contribution is 9.09. The minimum absolute atomic E-state index is 0.0471. The summed E-state index contributed by atoms with van der Waals surface area (Å²) in [7, 11) is -2.67. The Bertz CT molecular complexity index is 1460. The van der Waals surface area contributed by atoms with Crippen LogP contribution in [0.3, 0.4) is 0 Å². The molecule has 296 valence electrons. The van der Waals surface area contributed by atoms with E-state index in [1.165, 1.54) is 13.8 Å². The Hall–Kier alpha value is -1.13. The molecule has 0 radical (unpaired) electrons. The van der Waals surface area contributed by atoms with Crippen LogP contribution in [0.25, 0.3) is 0 Å². The third kappa shape index (κ3) is 6.85. The maximum Gasteiger partial charge on any atom is 0.509 e. The van der Waals surface area contributed by atoms with Crippen molar-refractivity contribution in [2.75, 3.05) is 13.2 Å². The fourth-order valence-electron chi connectivity index (χ4n) is 10.1. The number of aliphatic hydroxyl groups excluding tert-OH is 1. The highest BCUT2D eigenvalue weighted by Crippen LogP contribution is 2.66. The molecule has 3 aliphatic carbocycles. The molecule has 2 saturated carbocycles. The lowest BCUT2D eigenvalue weighted by Gasteiger charge is -2.63. The van der Waals surface area contributed by atoms with Gasteiger partial charge in [-0.1, -0.05) is 106 Å². The number of hydrogen-bond donors (Lipinski definition) is 2. The van der Waals surface area contributed by atoms with Crippen molar-refractivity contribution in [2.24, 2.45) is 16.7 Å². The van der Waals surface area contributed by atoms with Crippen molar-refractivity contribution in [3.8, 4) is 0 Å². The lowest BCUT2D eigenvalue weighted by molar-refractivity contribution is -0.233. The second-order valence-corrected chi connectivity index (χ2v) is 25.4. The van der Waals surface area contributed by atoms with Crippen LogP contribution < -0.4 is 0 Å². The third-order valence-electron chi connectivity index (χ3n) is 12.4. The molecule has 12 nitrogen and oxygen atoms in total. The average molecular weight is 879 g/mol. The van der Waals surface area contributed by atoms with Gasteiger partial charge in [0.2, 0.25) is 12.1 Å². The quantitative estimate of drug-likeness (QED) is 0.0773. The Kier molecular flexibility index (Phi) is 12.4. The first-order valence-electron chi connectivity index (χ1n) is 17.6. The maximum atomic E-state index is 15.5. The highest BCUT2D eigenvalue weighted by Gasteiger charge is 2.78. The summed E-state index contributed by atoms with van der Waals surface area (Å²) in [5.74, 6) is -3.07. The molecule has 4 aliphatic rings. The van der Waals surface area contributed by atoms with E-state index in [-0.39, 0.29) is 29.5 Å². The zero-order chi connectivity index (χ0) is 39.7. The molecule has 52 heavy (non-hydrogen) atoms. The molecule has 3 fully saturated rings. The Morgan fingerprint density at radius 3 is 2.08 bits per heavy atom. The highest BCUT2D eigenvalue weighted by atomic mass is 79.9. The molecule has 0 aromatic rings. The zero-order valence-electron chi connectivity index (χ0n) is 31.5.